The standard InChI is InChI=1S/C21H19ClN4O2S/c1-2-26-20(12-28-16-6-4-3-5-7-16)24-25-21(26)29-13-15-11-19(27)17-10-14(22)8-9-18(17)23-15/h3-11H,2,12-13H2,1H3,(H,23,27). The van der Waals surface area contributed by atoms with Gasteiger partial charge in [0.25, 0.3) is 0 Å². The number of hydrogen-bond donors (Lipinski definition) is 1. The van der Waals surface area contributed by atoms with Gasteiger partial charge in [0.15, 0.2) is 16.4 Å². The molecule has 0 radical (unpaired) electrons. The van der Waals surface area contributed by atoms with Gasteiger partial charge in [0.05, 0.1) is 0 Å². The van der Waals surface area contributed by atoms with Crippen molar-refractivity contribution in [2.75, 3.05) is 0 Å². The van der Waals surface area contributed by atoms with Crippen LogP contribution in [0.25, 0.3) is 10.9 Å². The number of nitrogens with zero attached hydrogens (tertiary/aromatic N) is 3. The molecule has 6 nitrogen and oxygen atoms in total. The molecule has 8 heteroatoms. The molecule has 0 unspecified atom stereocenters. The summed E-state index contributed by atoms with van der Waals surface area (Å²) < 4.78 is 7.81. The van der Waals surface area contributed by atoms with Gasteiger partial charge in [-0.1, -0.05) is 41.6 Å². The number of rotatable bonds is 7. The third-order valence-corrected chi connectivity index (χ3v) is 5.68. The second-order valence-electron chi connectivity index (χ2n) is 6.38. The first-order valence-corrected chi connectivity index (χ1v) is 10.5. The summed E-state index contributed by atoms with van der Waals surface area (Å²) in [5.74, 6) is 2.13. The highest BCUT2D eigenvalue weighted by Gasteiger charge is 2.13. The van der Waals surface area contributed by atoms with E-state index >= 15 is 0 Å². The highest BCUT2D eigenvalue weighted by Crippen LogP contribution is 2.23. The minimum Gasteiger partial charge on any atom is -0.486 e. The lowest BCUT2D eigenvalue weighted by Crippen LogP contribution is -2.07. The van der Waals surface area contributed by atoms with Gasteiger partial charge in [-0.15, -0.1) is 10.2 Å². The summed E-state index contributed by atoms with van der Waals surface area (Å²) in [5, 5.41) is 10.5. The maximum atomic E-state index is 12.4. The summed E-state index contributed by atoms with van der Waals surface area (Å²) in [5.41, 5.74) is 1.54. The third-order valence-electron chi connectivity index (χ3n) is 4.43. The molecule has 0 atom stereocenters. The molecule has 2 heterocycles. The molecule has 4 aromatic rings. The van der Waals surface area contributed by atoms with Crippen molar-refractivity contribution >= 4 is 34.3 Å². The molecule has 1 N–H and O–H groups in total. The molecular formula is C21H19ClN4O2S. The second-order valence-corrected chi connectivity index (χ2v) is 7.76. The highest BCUT2D eigenvalue weighted by molar-refractivity contribution is 7.98. The van der Waals surface area contributed by atoms with Gasteiger partial charge in [0.1, 0.15) is 12.4 Å². The molecule has 0 fully saturated rings. The Kier molecular flexibility index (Phi) is 5.87. The number of pyridine rings is 1. The number of aromatic nitrogens is 4. The van der Waals surface area contributed by atoms with Gasteiger partial charge in [-0.05, 0) is 37.3 Å². The summed E-state index contributed by atoms with van der Waals surface area (Å²) in [4.78, 5) is 15.7. The molecule has 29 heavy (non-hydrogen) atoms. The average molecular weight is 427 g/mol. The molecule has 0 aliphatic carbocycles. The van der Waals surface area contributed by atoms with Crippen molar-refractivity contribution < 1.29 is 4.74 Å². The van der Waals surface area contributed by atoms with E-state index < -0.39 is 0 Å². The van der Waals surface area contributed by atoms with E-state index in [0.717, 1.165) is 34.5 Å². The Morgan fingerprint density at radius 2 is 1.97 bits per heavy atom. The first kappa shape index (κ1) is 19.5. The quantitative estimate of drug-likeness (QED) is 0.435. The topological polar surface area (TPSA) is 72.8 Å². The van der Waals surface area contributed by atoms with E-state index in [1.165, 1.54) is 11.8 Å². The molecule has 0 aliphatic rings. The van der Waals surface area contributed by atoms with E-state index in [-0.39, 0.29) is 5.43 Å². The zero-order chi connectivity index (χ0) is 20.2. The van der Waals surface area contributed by atoms with E-state index in [2.05, 4.69) is 15.2 Å². The van der Waals surface area contributed by atoms with Crippen molar-refractivity contribution in [1.82, 2.24) is 19.7 Å². The molecule has 0 saturated carbocycles. The largest absolute Gasteiger partial charge is 0.486 e. The molecule has 0 saturated heterocycles. The second kappa shape index (κ2) is 8.71. The summed E-state index contributed by atoms with van der Waals surface area (Å²) in [6.45, 7) is 3.12. The maximum absolute atomic E-state index is 12.4. The van der Waals surface area contributed by atoms with Crippen LogP contribution in [0.4, 0.5) is 0 Å². The fraction of sp³-hybridized carbons (Fsp3) is 0.190. The van der Waals surface area contributed by atoms with Crippen LogP contribution in [0, 0.1) is 0 Å². The van der Waals surface area contributed by atoms with Crippen LogP contribution in [-0.2, 0) is 18.9 Å². The van der Waals surface area contributed by atoms with Crippen LogP contribution in [-0.4, -0.2) is 19.7 Å². The van der Waals surface area contributed by atoms with Gasteiger partial charge in [-0.3, -0.25) is 4.79 Å². The number of nitrogens with one attached hydrogen (secondary N) is 1. The van der Waals surface area contributed by atoms with Crippen molar-refractivity contribution in [2.24, 2.45) is 0 Å². The predicted octanol–water partition coefficient (Wildman–Crippen LogP) is 4.66. The van der Waals surface area contributed by atoms with E-state index in [4.69, 9.17) is 16.3 Å². The number of para-hydroxylation sites is 1. The van der Waals surface area contributed by atoms with Crippen molar-refractivity contribution in [2.45, 2.75) is 31.0 Å². The highest BCUT2D eigenvalue weighted by atomic mass is 35.5. The van der Waals surface area contributed by atoms with Crippen LogP contribution in [0.5, 0.6) is 5.75 Å². The van der Waals surface area contributed by atoms with Gasteiger partial charge in [-0.2, -0.15) is 0 Å². The van der Waals surface area contributed by atoms with Crippen molar-refractivity contribution in [3.05, 3.63) is 81.4 Å². The summed E-state index contributed by atoms with van der Waals surface area (Å²) >= 11 is 7.51. The summed E-state index contributed by atoms with van der Waals surface area (Å²) in [6.07, 6.45) is 0. The van der Waals surface area contributed by atoms with Gasteiger partial charge in [0.2, 0.25) is 0 Å². The normalized spacial score (nSPS) is 11.1. The lowest BCUT2D eigenvalue weighted by atomic mass is 10.2. The van der Waals surface area contributed by atoms with Crippen LogP contribution in [0.3, 0.4) is 0 Å². The van der Waals surface area contributed by atoms with Gasteiger partial charge in [-0.25, -0.2) is 0 Å². The molecule has 0 aliphatic heterocycles. The molecule has 0 amide bonds. The molecule has 0 bridgehead atoms. The van der Waals surface area contributed by atoms with E-state index in [9.17, 15) is 4.79 Å². The predicted molar refractivity (Wildman–Crippen MR) is 116 cm³/mol. The van der Waals surface area contributed by atoms with Crippen LogP contribution in [0.2, 0.25) is 5.02 Å². The van der Waals surface area contributed by atoms with Crippen LogP contribution in [0.1, 0.15) is 18.4 Å². The molecular weight excluding hydrogens is 408 g/mol. The summed E-state index contributed by atoms with van der Waals surface area (Å²) in [6, 6.07) is 16.5. The monoisotopic (exact) mass is 426 g/mol. The zero-order valence-electron chi connectivity index (χ0n) is 15.8. The Labute approximate surface area is 176 Å². The Morgan fingerprint density at radius 3 is 2.76 bits per heavy atom. The van der Waals surface area contributed by atoms with Crippen molar-refractivity contribution in [3.8, 4) is 5.75 Å². The van der Waals surface area contributed by atoms with Gasteiger partial charge in [0, 0.05) is 40.0 Å². The fourth-order valence-corrected chi connectivity index (χ4v) is 4.11. The first-order valence-electron chi connectivity index (χ1n) is 9.18. The Hall–Kier alpha value is -2.77. The molecule has 4 rings (SSSR count). The zero-order valence-corrected chi connectivity index (χ0v) is 17.3. The molecule has 148 valence electrons. The number of H-pyrrole nitrogens is 1. The smallest absolute Gasteiger partial charge is 0.191 e. The number of halogens is 1. The minimum absolute atomic E-state index is 0.0502. The molecule has 2 aromatic carbocycles. The third kappa shape index (κ3) is 4.46. The Bertz CT molecular complexity index is 1190. The minimum atomic E-state index is -0.0502. The molecule has 2 aromatic heterocycles. The van der Waals surface area contributed by atoms with Crippen molar-refractivity contribution in [3.63, 3.8) is 0 Å². The van der Waals surface area contributed by atoms with Gasteiger partial charge >= 0.3 is 0 Å². The van der Waals surface area contributed by atoms with Crippen LogP contribution >= 0.6 is 23.4 Å². The summed E-state index contributed by atoms with van der Waals surface area (Å²) in [7, 11) is 0. The van der Waals surface area contributed by atoms with E-state index in [0.29, 0.717) is 22.8 Å². The number of aromatic amines is 1. The Balaban J connectivity index is 1.48. The van der Waals surface area contributed by atoms with Crippen LogP contribution in [0.15, 0.2) is 64.5 Å². The number of thioether (sulfide) groups is 1. The lowest BCUT2D eigenvalue weighted by Gasteiger charge is -2.09. The fourth-order valence-electron chi connectivity index (χ4n) is 3.01. The van der Waals surface area contributed by atoms with Crippen LogP contribution < -0.4 is 10.2 Å². The lowest BCUT2D eigenvalue weighted by molar-refractivity contribution is 0.288. The average Bonchev–Trinajstić information content (AvgIpc) is 3.14. The van der Waals surface area contributed by atoms with Gasteiger partial charge < -0.3 is 14.3 Å². The van der Waals surface area contributed by atoms with Crippen molar-refractivity contribution in [1.29, 1.82) is 0 Å². The maximum Gasteiger partial charge on any atom is 0.191 e. The number of ether oxygens (including phenoxy) is 1. The number of fused-ring (bicyclic) bond motifs is 1. The SMILES string of the molecule is CCn1c(COc2ccccc2)nnc1SCc1cc(=O)c2cc(Cl)ccc2[nH]1. The Morgan fingerprint density at radius 1 is 1.14 bits per heavy atom. The number of hydrogen-bond acceptors (Lipinski definition) is 5. The number of benzene rings is 2. The van der Waals surface area contributed by atoms with E-state index in [1.54, 1.807) is 18.2 Å². The first-order chi connectivity index (χ1) is 14.1. The van der Waals surface area contributed by atoms with E-state index in [1.807, 2.05) is 47.9 Å². The molecule has 0 spiro atoms.